The molecule has 1 heterocycles. The molecule has 0 aromatic carbocycles. The van der Waals surface area contributed by atoms with Crippen LogP contribution in [0.15, 0.2) is 6.20 Å². The number of hydrogen-bond donors (Lipinski definition) is 2. The van der Waals surface area contributed by atoms with Gasteiger partial charge >= 0.3 is 0 Å². The van der Waals surface area contributed by atoms with Crippen molar-refractivity contribution in [2.75, 3.05) is 11.5 Å². The van der Waals surface area contributed by atoms with Crippen LogP contribution in [-0.4, -0.2) is 4.98 Å². The van der Waals surface area contributed by atoms with E-state index in [2.05, 4.69) is 10.9 Å². The molecular formula is C8H9N3. The van der Waals surface area contributed by atoms with Gasteiger partial charge in [0.1, 0.15) is 5.82 Å². The van der Waals surface area contributed by atoms with Gasteiger partial charge in [0, 0.05) is 0 Å². The topological polar surface area (TPSA) is 64.9 Å². The fourth-order valence-corrected chi connectivity index (χ4v) is 0.819. The van der Waals surface area contributed by atoms with Crippen molar-refractivity contribution >= 4 is 11.5 Å². The van der Waals surface area contributed by atoms with E-state index in [0.29, 0.717) is 17.1 Å². The van der Waals surface area contributed by atoms with Crippen molar-refractivity contribution in [3.8, 4) is 12.3 Å². The SMILES string of the molecule is C#Cc1c(N)ncc(N)c1C. The smallest absolute Gasteiger partial charge is 0.139 e. The average Bonchev–Trinajstić information content (AvgIpc) is 1.99. The third-order valence-corrected chi connectivity index (χ3v) is 1.55. The molecule has 0 unspecified atom stereocenters. The highest BCUT2D eigenvalue weighted by Gasteiger charge is 2.03. The van der Waals surface area contributed by atoms with Gasteiger partial charge in [-0.15, -0.1) is 6.42 Å². The van der Waals surface area contributed by atoms with Crippen LogP contribution >= 0.6 is 0 Å². The molecule has 0 saturated heterocycles. The van der Waals surface area contributed by atoms with E-state index in [0.717, 1.165) is 5.56 Å². The van der Waals surface area contributed by atoms with Crippen LogP contribution in [0.3, 0.4) is 0 Å². The molecule has 1 aromatic heterocycles. The van der Waals surface area contributed by atoms with Crippen LogP contribution < -0.4 is 11.5 Å². The van der Waals surface area contributed by atoms with E-state index in [1.54, 1.807) is 0 Å². The Morgan fingerprint density at radius 3 is 2.64 bits per heavy atom. The lowest BCUT2D eigenvalue weighted by Crippen LogP contribution is -2.00. The van der Waals surface area contributed by atoms with Crippen LogP contribution in [0.2, 0.25) is 0 Å². The maximum Gasteiger partial charge on any atom is 0.139 e. The lowest BCUT2D eigenvalue weighted by atomic mass is 10.1. The fraction of sp³-hybridized carbons (Fsp3) is 0.125. The molecule has 1 rings (SSSR count). The van der Waals surface area contributed by atoms with E-state index >= 15 is 0 Å². The molecule has 0 saturated carbocycles. The van der Waals surface area contributed by atoms with Crippen molar-refractivity contribution in [3.05, 3.63) is 17.3 Å². The van der Waals surface area contributed by atoms with Crippen LogP contribution in [0.1, 0.15) is 11.1 Å². The third kappa shape index (κ3) is 1.10. The van der Waals surface area contributed by atoms with Crippen LogP contribution in [0.5, 0.6) is 0 Å². The zero-order chi connectivity index (χ0) is 8.43. The predicted molar refractivity (Wildman–Crippen MR) is 45.7 cm³/mol. The Balaban J connectivity index is 3.44. The number of pyridine rings is 1. The Morgan fingerprint density at radius 2 is 2.18 bits per heavy atom. The fourth-order valence-electron chi connectivity index (χ4n) is 0.819. The Bertz CT molecular complexity index is 323. The highest BCUT2D eigenvalue weighted by molar-refractivity contribution is 5.62. The van der Waals surface area contributed by atoms with E-state index in [-0.39, 0.29) is 0 Å². The third-order valence-electron chi connectivity index (χ3n) is 1.55. The molecule has 0 amide bonds. The monoisotopic (exact) mass is 147 g/mol. The van der Waals surface area contributed by atoms with Gasteiger partial charge < -0.3 is 11.5 Å². The lowest BCUT2D eigenvalue weighted by Gasteiger charge is -2.03. The van der Waals surface area contributed by atoms with Gasteiger partial charge in [-0.05, 0) is 12.5 Å². The van der Waals surface area contributed by atoms with Crippen molar-refractivity contribution in [3.63, 3.8) is 0 Å². The quantitative estimate of drug-likeness (QED) is 0.526. The zero-order valence-electron chi connectivity index (χ0n) is 6.26. The van der Waals surface area contributed by atoms with E-state index in [4.69, 9.17) is 17.9 Å². The van der Waals surface area contributed by atoms with Gasteiger partial charge in [0.05, 0.1) is 17.4 Å². The summed E-state index contributed by atoms with van der Waals surface area (Å²) < 4.78 is 0. The van der Waals surface area contributed by atoms with Crippen molar-refractivity contribution in [1.29, 1.82) is 0 Å². The second-order valence-electron chi connectivity index (χ2n) is 2.24. The Kier molecular flexibility index (Phi) is 1.69. The lowest BCUT2D eigenvalue weighted by molar-refractivity contribution is 1.28. The molecule has 56 valence electrons. The average molecular weight is 147 g/mol. The molecule has 11 heavy (non-hydrogen) atoms. The summed E-state index contributed by atoms with van der Waals surface area (Å²) in [6, 6.07) is 0. The van der Waals surface area contributed by atoms with Gasteiger partial charge in [-0.25, -0.2) is 4.98 Å². The first-order valence-corrected chi connectivity index (χ1v) is 3.14. The summed E-state index contributed by atoms with van der Waals surface area (Å²) in [5.41, 5.74) is 13.0. The number of hydrogen-bond acceptors (Lipinski definition) is 3. The molecule has 3 heteroatoms. The molecular weight excluding hydrogens is 138 g/mol. The van der Waals surface area contributed by atoms with E-state index in [9.17, 15) is 0 Å². The molecule has 3 nitrogen and oxygen atoms in total. The molecule has 0 bridgehead atoms. The van der Waals surface area contributed by atoms with Gasteiger partial charge in [0.25, 0.3) is 0 Å². The maximum absolute atomic E-state index is 5.55. The van der Waals surface area contributed by atoms with E-state index < -0.39 is 0 Å². The summed E-state index contributed by atoms with van der Waals surface area (Å²) in [7, 11) is 0. The van der Waals surface area contributed by atoms with Crippen LogP contribution in [0, 0.1) is 19.3 Å². The minimum atomic E-state index is 0.360. The number of terminal acetylenes is 1. The number of nitrogens with zero attached hydrogens (tertiary/aromatic N) is 1. The van der Waals surface area contributed by atoms with Gasteiger partial charge in [-0.1, -0.05) is 5.92 Å². The molecule has 0 radical (unpaired) electrons. The number of rotatable bonds is 0. The minimum Gasteiger partial charge on any atom is -0.397 e. The number of aromatic nitrogens is 1. The summed E-state index contributed by atoms with van der Waals surface area (Å²) in [6.07, 6.45) is 6.70. The molecule has 0 fully saturated rings. The highest BCUT2D eigenvalue weighted by Crippen LogP contribution is 2.17. The first-order valence-electron chi connectivity index (χ1n) is 3.14. The molecule has 4 N–H and O–H groups in total. The predicted octanol–water partition coefficient (Wildman–Crippen LogP) is 0.536. The molecule has 0 aliphatic carbocycles. The van der Waals surface area contributed by atoms with E-state index in [1.807, 2.05) is 6.92 Å². The van der Waals surface area contributed by atoms with Gasteiger partial charge in [0.2, 0.25) is 0 Å². The van der Waals surface area contributed by atoms with Crippen LogP contribution in [0.4, 0.5) is 11.5 Å². The first-order chi connectivity index (χ1) is 5.16. The Labute approximate surface area is 65.4 Å². The van der Waals surface area contributed by atoms with Gasteiger partial charge in [-0.3, -0.25) is 0 Å². The van der Waals surface area contributed by atoms with Gasteiger partial charge in [-0.2, -0.15) is 0 Å². The summed E-state index contributed by atoms with van der Waals surface area (Å²) in [4.78, 5) is 3.82. The summed E-state index contributed by atoms with van der Waals surface area (Å²) in [5, 5.41) is 0. The van der Waals surface area contributed by atoms with Gasteiger partial charge in [0.15, 0.2) is 0 Å². The number of nitrogens with two attached hydrogens (primary N) is 2. The summed E-state index contributed by atoms with van der Waals surface area (Å²) >= 11 is 0. The van der Waals surface area contributed by atoms with Crippen LogP contribution in [-0.2, 0) is 0 Å². The Hall–Kier alpha value is -1.69. The van der Waals surface area contributed by atoms with Crippen molar-refractivity contribution in [2.45, 2.75) is 6.92 Å². The first kappa shape index (κ1) is 7.42. The second kappa shape index (κ2) is 2.51. The van der Waals surface area contributed by atoms with Crippen molar-refractivity contribution in [2.24, 2.45) is 0 Å². The van der Waals surface area contributed by atoms with Crippen molar-refractivity contribution < 1.29 is 0 Å². The molecule has 0 spiro atoms. The molecule has 0 aliphatic heterocycles. The largest absolute Gasteiger partial charge is 0.397 e. The standard InChI is InChI=1S/C8H9N3/c1-3-6-5(2)7(9)4-11-8(6)10/h1,4H,9H2,2H3,(H2,10,11). The van der Waals surface area contributed by atoms with E-state index in [1.165, 1.54) is 6.20 Å². The summed E-state index contributed by atoms with van der Waals surface area (Å²) in [5.74, 6) is 2.80. The molecule has 1 aromatic rings. The number of nitrogen functional groups attached to an aromatic ring is 2. The zero-order valence-corrected chi connectivity index (χ0v) is 6.26. The van der Waals surface area contributed by atoms with Crippen LogP contribution in [0.25, 0.3) is 0 Å². The second-order valence-corrected chi connectivity index (χ2v) is 2.24. The highest BCUT2D eigenvalue weighted by atomic mass is 14.8. The number of anilines is 2. The molecule has 0 atom stereocenters. The summed E-state index contributed by atoms with van der Waals surface area (Å²) in [6.45, 7) is 1.82. The maximum atomic E-state index is 5.55. The van der Waals surface area contributed by atoms with Crippen molar-refractivity contribution in [1.82, 2.24) is 4.98 Å². The minimum absolute atomic E-state index is 0.360. The normalized spacial score (nSPS) is 9.09. The Morgan fingerprint density at radius 1 is 1.55 bits per heavy atom. The molecule has 0 aliphatic rings.